The van der Waals surface area contributed by atoms with Crippen LogP contribution in [0.15, 0.2) is 5.38 Å². The van der Waals surface area contributed by atoms with E-state index >= 15 is 0 Å². The highest BCUT2D eigenvalue weighted by Crippen LogP contribution is 2.29. The fourth-order valence-electron chi connectivity index (χ4n) is 0.929. The van der Waals surface area contributed by atoms with Crippen molar-refractivity contribution >= 4 is 17.0 Å². The highest BCUT2D eigenvalue weighted by atomic mass is 32.1. The standard InChI is InChI=1S/C8H13NS/c1-5(2)7-4-10-6(3)8(7)9/h4-5H,9H2,1-3H3. The van der Waals surface area contributed by atoms with Gasteiger partial charge in [0, 0.05) is 10.6 Å². The molecule has 2 heteroatoms. The van der Waals surface area contributed by atoms with Crippen LogP contribution in [0.1, 0.15) is 30.2 Å². The van der Waals surface area contributed by atoms with E-state index in [1.54, 1.807) is 11.3 Å². The molecule has 0 saturated carbocycles. The van der Waals surface area contributed by atoms with Crippen molar-refractivity contribution in [1.29, 1.82) is 0 Å². The van der Waals surface area contributed by atoms with Crippen LogP contribution in [0.3, 0.4) is 0 Å². The molecule has 0 atom stereocenters. The van der Waals surface area contributed by atoms with Crippen LogP contribution in [-0.2, 0) is 0 Å². The molecule has 0 spiro atoms. The van der Waals surface area contributed by atoms with E-state index in [1.807, 2.05) is 0 Å². The second kappa shape index (κ2) is 2.62. The van der Waals surface area contributed by atoms with Crippen molar-refractivity contribution in [3.05, 3.63) is 15.8 Å². The summed E-state index contributed by atoms with van der Waals surface area (Å²) >= 11 is 1.73. The van der Waals surface area contributed by atoms with Crippen LogP contribution in [0.5, 0.6) is 0 Å². The van der Waals surface area contributed by atoms with Gasteiger partial charge in [-0.2, -0.15) is 0 Å². The molecule has 0 bridgehead atoms. The van der Waals surface area contributed by atoms with Crippen molar-refractivity contribution in [1.82, 2.24) is 0 Å². The Kier molecular flexibility index (Phi) is 2.00. The summed E-state index contributed by atoms with van der Waals surface area (Å²) in [4.78, 5) is 1.24. The Morgan fingerprint density at radius 3 is 2.30 bits per heavy atom. The Balaban J connectivity index is 3.05. The topological polar surface area (TPSA) is 26.0 Å². The van der Waals surface area contributed by atoms with Crippen molar-refractivity contribution in [2.45, 2.75) is 26.7 Å². The molecule has 0 saturated heterocycles. The molecule has 56 valence electrons. The molecule has 0 aliphatic rings. The Labute approximate surface area is 65.9 Å². The zero-order valence-corrected chi connectivity index (χ0v) is 7.46. The van der Waals surface area contributed by atoms with E-state index in [-0.39, 0.29) is 0 Å². The number of anilines is 1. The van der Waals surface area contributed by atoms with Gasteiger partial charge in [-0.3, -0.25) is 0 Å². The molecule has 0 radical (unpaired) electrons. The fraction of sp³-hybridized carbons (Fsp3) is 0.500. The number of hydrogen-bond acceptors (Lipinski definition) is 2. The minimum atomic E-state index is 0.560. The van der Waals surface area contributed by atoms with Crippen LogP contribution in [-0.4, -0.2) is 0 Å². The van der Waals surface area contributed by atoms with Gasteiger partial charge in [0.2, 0.25) is 0 Å². The summed E-state index contributed by atoms with van der Waals surface area (Å²) in [6.45, 7) is 6.39. The maximum atomic E-state index is 5.81. The molecule has 0 fully saturated rings. The molecule has 0 aliphatic carbocycles. The van der Waals surface area contributed by atoms with Crippen LogP contribution in [0.25, 0.3) is 0 Å². The SMILES string of the molecule is Cc1scc(C(C)C)c1N. The first-order valence-corrected chi connectivity index (χ1v) is 4.34. The van der Waals surface area contributed by atoms with E-state index in [4.69, 9.17) is 5.73 Å². The van der Waals surface area contributed by atoms with Gasteiger partial charge in [0.15, 0.2) is 0 Å². The monoisotopic (exact) mass is 155 g/mol. The molecule has 2 N–H and O–H groups in total. The van der Waals surface area contributed by atoms with Crippen LogP contribution in [0, 0.1) is 6.92 Å². The lowest BCUT2D eigenvalue weighted by molar-refractivity contribution is 0.874. The van der Waals surface area contributed by atoms with E-state index in [2.05, 4.69) is 26.2 Å². The molecule has 1 aromatic heterocycles. The average Bonchev–Trinajstić information content (AvgIpc) is 2.14. The lowest BCUT2D eigenvalue weighted by Crippen LogP contribution is -1.92. The first-order chi connectivity index (χ1) is 4.63. The minimum absolute atomic E-state index is 0.560. The molecule has 1 nitrogen and oxygen atoms in total. The van der Waals surface area contributed by atoms with Crippen LogP contribution < -0.4 is 5.73 Å². The number of thiophene rings is 1. The predicted octanol–water partition coefficient (Wildman–Crippen LogP) is 2.76. The molecule has 0 amide bonds. The zero-order valence-electron chi connectivity index (χ0n) is 6.64. The Bertz CT molecular complexity index is 225. The van der Waals surface area contributed by atoms with Gasteiger partial charge in [-0.1, -0.05) is 13.8 Å². The van der Waals surface area contributed by atoms with E-state index < -0.39 is 0 Å². The van der Waals surface area contributed by atoms with Crippen LogP contribution >= 0.6 is 11.3 Å². The van der Waals surface area contributed by atoms with Crippen molar-refractivity contribution < 1.29 is 0 Å². The lowest BCUT2D eigenvalue weighted by atomic mass is 10.1. The Morgan fingerprint density at radius 2 is 2.10 bits per heavy atom. The quantitative estimate of drug-likeness (QED) is 0.663. The largest absolute Gasteiger partial charge is 0.398 e. The highest BCUT2D eigenvalue weighted by molar-refractivity contribution is 7.10. The van der Waals surface area contributed by atoms with Crippen LogP contribution in [0.2, 0.25) is 0 Å². The first-order valence-electron chi connectivity index (χ1n) is 3.46. The summed E-state index contributed by atoms with van der Waals surface area (Å²) in [7, 11) is 0. The molecule has 1 rings (SSSR count). The van der Waals surface area contributed by atoms with E-state index in [0.717, 1.165) is 5.69 Å². The third-order valence-corrected chi connectivity index (χ3v) is 2.62. The van der Waals surface area contributed by atoms with Gasteiger partial charge in [0.05, 0.1) is 0 Å². The highest BCUT2D eigenvalue weighted by Gasteiger charge is 2.06. The number of hydrogen-bond donors (Lipinski definition) is 1. The fourth-order valence-corrected chi connectivity index (χ4v) is 1.88. The molecule has 0 aliphatic heterocycles. The second-order valence-corrected chi connectivity index (χ2v) is 3.90. The van der Waals surface area contributed by atoms with Gasteiger partial charge in [-0.25, -0.2) is 0 Å². The molecule has 10 heavy (non-hydrogen) atoms. The minimum Gasteiger partial charge on any atom is -0.398 e. The summed E-state index contributed by atoms with van der Waals surface area (Å²) in [6, 6.07) is 0. The zero-order chi connectivity index (χ0) is 7.72. The second-order valence-electron chi connectivity index (χ2n) is 2.82. The number of aryl methyl sites for hydroxylation is 1. The summed E-state index contributed by atoms with van der Waals surface area (Å²) in [5, 5.41) is 2.15. The number of rotatable bonds is 1. The third-order valence-electron chi connectivity index (χ3n) is 1.67. The molecule has 1 aromatic rings. The van der Waals surface area contributed by atoms with E-state index in [0.29, 0.717) is 5.92 Å². The van der Waals surface area contributed by atoms with E-state index in [1.165, 1.54) is 10.4 Å². The summed E-state index contributed by atoms with van der Waals surface area (Å²) in [5.41, 5.74) is 8.09. The average molecular weight is 155 g/mol. The van der Waals surface area contributed by atoms with Crippen molar-refractivity contribution in [2.75, 3.05) is 5.73 Å². The molecule has 1 heterocycles. The lowest BCUT2D eigenvalue weighted by Gasteiger charge is -2.02. The smallest absolute Gasteiger partial charge is 0.0487 e. The maximum absolute atomic E-state index is 5.81. The van der Waals surface area contributed by atoms with Gasteiger partial charge in [-0.05, 0) is 23.8 Å². The summed E-state index contributed by atoms with van der Waals surface area (Å²) in [5.74, 6) is 0.560. The summed E-state index contributed by atoms with van der Waals surface area (Å²) < 4.78 is 0. The molecular weight excluding hydrogens is 142 g/mol. The maximum Gasteiger partial charge on any atom is 0.0487 e. The van der Waals surface area contributed by atoms with Gasteiger partial charge >= 0.3 is 0 Å². The Morgan fingerprint density at radius 1 is 1.50 bits per heavy atom. The van der Waals surface area contributed by atoms with Gasteiger partial charge in [-0.15, -0.1) is 11.3 Å². The predicted molar refractivity (Wildman–Crippen MR) is 47.6 cm³/mol. The first kappa shape index (κ1) is 7.61. The summed E-state index contributed by atoms with van der Waals surface area (Å²) in [6.07, 6.45) is 0. The third kappa shape index (κ3) is 1.16. The van der Waals surface area contributed by atoms with Gasteiger partial charge < -0.3 is 5.73 Å². The van der Waals surface area contributed by atoms with Gasteiger partial charge in [0.25, 0.3) is 0 Å². The number of nitrogens with two attached hydrogens (primary N) is 1. The van der Waals surface area contributed by atoms with Crippen molar-refractivity contribution in [3.8, 4) is 0 Å². The normalized spacial score (nSPS) is 10.8. The molecule has 0 unspecified atom stereocenters. The van der Waals surface area contributed by atoms with Crippen molar-refractivity contribution in [2.24, 2.45) is 0 Å². The number of nitrogen functional groups attached to an aromatic ring is 1. The van der Waals surface area contributed by atoms with E-state index in [9.17, 15) is 0 Å². The molecule has 0 aromatic carbocycles. The van der Waals surface area contributed by atoms with Crippen molar-refractivity contribution in [3.63, 3.8) is 0 Å². The van der Waals surface area contributed by atoms with Gasteiger partial charge in [0.1, 0.15) is 0 Å². The Hall–Kier alpha value is -0.500. The molecular formula is C8H13NS. The van der Waals surface area contributed by atoms with Crippen LogP contribution in [0.4, 0.5) is 5.69 Å².